The van der Waals surface area contributed by atoms with Crippen LogP contribution in [0.3, 0.4) is 0 Å². The number of nitrogens with one attached hydrogen (secondary N) is 2. The van der Waals surface area contributed by atoms with Gasteiger partial charge in [0, 0.05) is 19.5 Å². The van der Waals surface area contributed by atoms with Crippen molar-refractivity contribution in [2.75, 3.05) is 6.54 Å². The summed E-state index contributed by atoms with van der Waals surface area (Å²) in [4.78, 5) is 22.6. The molecule has 0 aliphatic heterocycles. The molecular formula is C13H19N3O2. The van der Waals surface area contributed by atoms with Crippen LogP contribution in [0.25, 0.3) is 0 Å². The zero-order valence-corrected chi connectivity index (χ0v) is 10.5. The quantitative estimate of drug-likeness (QED) is 0.671. The molecule has 1 rings (SSSR count). The zero-order valence-electron chi connectivity index (χ0n) is 10.5. The van der Waals surface area contributed by atoms with E-state index in [1.807, 2.05) is 30.3 Å². The van der Waals surface area contributed by atoms with E-state index in [1.54, 1.807) is 6.92 Å². The molecule has 0 saturated carbocycles. The molecule has 0 unspecified atom stereocenters. The van der Waals surface area contributed by atoms with Crippen molar-refractivity contribution in [2.24, 2.45) is 5.73 Å². The van der Waals surface area contributed by atoms with E-state index in [2.05, 4.69) is 10.6 Å². The summed E-state index contributed by atoms with van der Waals surface area (Å²) in [5.74, 6) is -0.338. The van der Waals surface area contributed by atoms with Gasteiger partial charge in [-0.2, -0.15) is 0 Å². The van der Waals surface area contributed by atoms with Crippen LogP contribution in [0.15, 0.2) is 30.3 Å². The Bertz CT molecular complexity index is 390. The first-order valence-corrected chi connectivity index (χ1v) is 5.93. The van der Waals surface area contributed by atoms with Crippen molar-refractivity contribution in [1.82, 2.24) is 10.6 Å². The summed E-state index contributed by atoms with van der Waals surface area (Å²) in [6, 6.07) is 9.11. The highest BCUT2D eigenvalue weighted by Crippen LogP contribution is 1.97. The zero-order chi connectivity index (χ0) is 13.4. The highest BCUT2D eigenvalue weighted by molar-refractivity contribution is 5.82. The van der Waals surface area contributed by atoms with Crippen molar-refractivity contribution in [3.8, 4) is 0 Å². The van der Waals surface area contributed by atoms with Crippen molar-refractivity contribution in [3.63, 3.8) is 0 Å². The maximum atomic E-state index is 11.5. The van der Waals surface area contributed by atoms with Gasteiger partial charge in [0.05, 0.1) is 6.04 Å². The molecule has 5 nitrogen and oxygen atoms in total. The largest absolute Gasteiger partial charge is 0.354 e. The normalized spacial score (nSPS) is 11.7. The number of hydrogen-bond acceptors (Lipinski definition) is 3. The third kappa shape index (κ3) is 5.45. The predicted molar refractivity (Wildman–Crippen MR) is 69.6 cm³/mol. The van der Waals surface area contributed by atoms with Gasteiger partial charge >= 0.3 is 0 Å². The first kappa shape index (κ1) is 14.2. The van der Waals surface area contributed by atoms with Gasteiger partial charge in [0.1, 0.15) is 0 Å². The van der Waals surface area contributed by atoms with Crippen LogP contribution in [0.5, 0.6) is 0 Å². The Morgan fingerprint density at radius 1 is 1.22 bits per heavy atom. The van der Waals surface area contributed by atoms with E-state index in [-0.39, 0.29) is 18.2 Å². The summed E-state index contributed by atoms with van der Waals surface area (Å²) < 4.78 is 0. The molecule has 0 bridgehead atoms. The maximum Gasteiger partial charge on any atom is 0.236 e. The molecule has 0 fully saturated rings. The standard InChI is InChI=1S/C13H19N3O2/c1-10(14)13(18)15-8-7-12(17)16-9-11-5-3-2-4-6-11/h2-6,10H,7-9,14H2,1H3,(H,15,18)(H,16,17)/t10-/m1/s1. The Kier molecular flexibility index (Phi) is 5.87. The minimum absolute atomic E-state index is 0.0937. The van der Waals surface area contributed by atoms with Gasteiger partial charge in [-0.1, -0.05) is 30.3 Å². The summed E-state index contributed by atoms with van der Waals surface area (Å²) >= 11 is 0. The maximum absolute atomic E-state index is 11.5. The molecule has 98 valence electrons. The Balaban J connectivity index is 2.17. The Morgan fingerprint density at radius 2 is 1.89 bits per heavy atom. The molecule has 0 heterocycles. The minimum atomic E-state index is -0.544. The predicted octanol–water partition coefficient (Wildman–Crippen LogP) is 0.156. The van der Waals surface area contributed by atoms with E-state index in [1.165, 1.54) is 0 Å². The van der Waals surface area contributed by atoms with Gasteiger partial charge in [0.25, 0.3) is 0 Å². The van der Waals surface area contributed by atoms with Gasteiger partial charge in [-0.3, -0.25) is 9.59 Å². The van der Waals surface area contributed by atoms with Crippen LogP contribution in [-0.4, -0.2) is 24.4 Å². The van der Waals surface area contributed by atoms with Crippen LogP contribution in [0, 0.1) is 0 Å². The number of carbonyl (C=O) groups is 2. The summed E-state index contributed by atoms with van der Waals surface area (Å²) in [7, 11) is 0. The molecule has 0 radical (unpaired) electrons. The van der Waals surface area contributed by atoms with Crippen molar-refractivity contribution in [3.05, 3.63) is 35.9 Å². The van der Waals surface area contributed by atoms with Crippen LogP contribution in [0.4, 0.5) is 0 Å². The van der Waals surface area contributed by atoms with Crippen LogP contribution >= 0.6 is 0 Å². The monoisotopic (exact) mass is 249 g/mol. The fourth-order valence-corrected chi connectivity index (χ4v) is 1.35. The van der Waals surface area contributed by atoms with Gasteiger partial charge in [-0.25, -0.2) is 0 Å². The van der Waals surface area contributed by atoms with E-state index in [0.717, 1.165) is 5.56 Å². The van der Waals surface area contributed by atoms with E-state index < -0.39 is 6.04 Å². The first-order valence-electron chi connectivity index (χ1n) is 5.93. The number of nitrogens with two attached hydrogens (primary N) is 1. The lowest BCUT2D eigenvalue weighted by Gasteiger charge is -2.08. The third-order valence-electron chi connectivity index (χ3n) is 2.40. The molecule has 0 spiro atoms. The summed E-state index contributed by atoms with van der Waals surface area (Å²) in [6.45, 7) is 2.41. The molecule has 1 aromatic rings. The Hall–Kier alpha value is -1.88. The highest BCUT2D eigenvalue weighted by atomic mass is 16.2. The number of carbonyl (C=O) groups excluding carboxylic acids is 2. The second-order valence-corrected chi connectivity index (χ2v) is 4.09. The van der Waals surface area contributed by atoms with Gasteiger partial charge in [0.15, 0.2) is 0 Å². The molecule has 2 amide bonds. The van der Waals surface area contributed by atoms with Crippen molar-refractivity contribution in [2.45, 2.75) is 25.9 Å². The molecule has 4 N–H and O–H groups in total. The number of amides is 2. The first-order chi connectivity index (χ1) is 8.59. The molecule has 18 heavy (non-hydrogen) atoms. The second-order valence-electron chi connectivity index (χ2n) is 4.09. The van der Waals surface area contributed by atoms with Gasteiger partial charge in [-0.15, -0.1) is 0 Å². The Labute approximate surface area is 107 Å². The van der Waals surface area contributed by atoms with Crippen LogP contribution < -0.4 is 16.4 Å². The van der Waals surface area contributed by atoms with Gasteiger partial charge in [-0.05, 0) is 12.5 Å². The molecule has 1 aromatic carbocycles. The Morgan fingerprint density at radius 3 is 2.50 bits per heavy atom. The lowest BCUT2D eigenvalue weighted by molar-refractivity contribution is -0.122. The SMILES string of the molecule is C[C@@H](N)C(=O)NCCC(=O)NCc1ccccc1. The molecule has 0 aliphatic carbocycles. The number of rotatable bonds is 6. The summed E-state index contributed by atoms with van der Waals surface area (Å²) in [5, 5.41) is 5.37. The van der Waals surface area contributed by atoms with Crippen LogP contribution in [0.2, 0.25) is 0 Å². The van der Waals surface area contributed by atoms with Crippen LogP contribution in [0.1, 0.15) is 18.9 Å². The van der Waals surface area contributed by atoms with Gasteiger partial charge in [0.2, 0.25) is 11.8 Å². The van der Waals surface area contributed by atoms with E-state index >= 15 is 0 Å². The average molecular weight is 249 g/mol. The highest BCUT2D eigenvalue weighted by Gasteiger charge is 2.07. The summed E-state index contributed by atoms with van der Waals surface area (Å²) in [5.41, 5.74) is 6.42. The topological polar surface area (TPSA) is 84.2 Å². The minimum Gasteiger partial charge on any atom is -0.354 e. The molecule has 0 saturated heterocycles. The van der Waals surface area contributed by atoms with E-state index in [9.17, 15) is 9.59 Å². The molecular weight excluding hydrogens is 230 g/mol. The number of hydrogen-bond donors (Lipinski definition) is 3. The molecule has 0 aliphatic rings. The summed E-state index contributed by atoms with van der Waals surface area (Å²) in [6.07, 6.45) is 0.255. The smallest absolute Gasteiger partial charge is 0.236 e. The lowest BCUT2D eigenvalue weighted by atomic mass is 10.2. The molecule has 0 aromatic heterocycles. The van der Waals surface area contributed by atoms with Crippen LogP contribution in [-0.2, 0) is 16.1 Å². The number of benzene rings is 1. The second kappa shape index (κ2) is 7.45. The van der Waals surface area contributed by atoms with Crippen molar-refractivity contribution in [1.29, 1.82) is 0 Å². The fourth-order valence-electron chi connectivity index (χ4n) is 1.35. The molecule has 1 atom stereocenters. The third-order valence-corrected chi connectivity index (χ3v) is 2.40. The van der Waals surface area contributed by atoms with E-state index in [4.69, 9.17) is 5.73 Å². The van der Waals surface area contributed by atoms with Crippen molar-refractivity contribution < 1.29 is 9.59 Å². The van der Waals surface area contributed by atoms with Crippen molar-refractivity contribution >= 4 is 11.8 Å². The fraction of sp³-hybridized carbons (Fsp3) is 0.385. The van der Waals surface area contributed by atoms with E-state index in [0.29, 0.717) is 13.1 Å². The lowest BCUT2D eigenvalue weighted by Crippen LogP contribution is -2.39. The molecule has 5 heteroatoms. The van der Waals surface area contributed by atoms with Gasteiger partial charge < -0.3 is 16.4 Å². The average Bonchev–Trinajstić information content (AvgIpc) is 2.37.